The van der Waals surface area contributed by atoms with Crippen LogP contribution < -0.4 is 9.47 Å². The van der Waals surface area contributed by atoms with E-state index in [1.165, 1.54) is 18.1 Å². The molecule has 1 aliphatic rings. The van der Waals surface area contributed by atoms with Gasteiger partial charge in [-0.1, -0.05) is 31.2 Å². The summed E-state index contributed by atoms with van der Waals surface area (Å²) in [6, 6.07) is 11.6. The van der Waals surface area contributed by atoms with Crippen molar-refractivity contribution in [3.8, 4) is 11.5 Å². The Kier molecular flexibility index (Phi) is 6.36. The second kappa shape index (κ2) is 8.93. The van der Waals surface area contributed by atoms with Gasteiger partial charge in [0.1, 0.15) is 12.4 Å². The Hall–Kier alpha value is -2.80. The summed E-state index contributed by atoms with van der Waals surface area (Å²) < 4.78 is 24.8. The molecule has 2 aromatic rings. The van der Waals surface area contributed by atoms with Crippen molar-refractivity contribution < 1.29 is 23.5 Å². The summed E-state index contributed by atoms with van der Waals surface area (Å²) in [7, 11) is 1.50. The van der Waals surface area contributed by atoms with Gasteiger partial charge >= 0.3 is 0 Å². The van der Waals surface area contributed by atoms with Crippen molar-refractivity contribution >= 4 is 29.0 Å². The molecule has 0 saturated carbocycles. The second-order valence-corrected chi connectivity index (χ2v) is 7.12. The average molecular weight is 401 g/mol. The normalized spacial score (nSPS) is 15.4. The highest BCUT2D eigenvalue weighted by atomic mass is 32.2. The minimum Gasteiger partial charge on any atom is -0.493 e. The highest BCUT2D eigenvalue weighted by Crippen LogP contribution is 2.34. The number of carbonyl (C=O) groups excluding carboxylic acids is 2. The summed E-state index contributed by atoms with van der Waals surface area (Å²) in [6.07, 6.45) is 2.37. The molecule has 2 aromatic carbocycles. The molecule has 0 unspecified atom stereocenters. The molecule has 3 rings (SSSR count). The molecule has 0 bridgehead atoms. The topological polar surface area (TPSA) is 55.8 Å². The maximum Gasteiger partial charge on any atom is 0.293 e. The molecule has 0 N–H and O–H groups in total. The van der Waals surface area contributed by atoms with Crippen molar-refractivity contribution in [3.05, 3.63) is 64.3 Å². The third-order valence-corrected chi connectivity index (χ3v) is 5.05. The van der Waals surface area contributed by atoms with Crippen molar-refractivity contribution in [1.82, 2.24) is 4.90 Å². The number of amides is 2. The van der Waals surface area contributed by atoms with E-state index in [1.807, 2.05) is 6.92 Å². The number of methoxy groups -OCH3 is 1. The molecule has 28 heavy (non-hydrogen) atoms. The zero-order valence-corrected chi connectivity index (χ0v) is 16.4. The van der Waals surface area contributed by atoms with E-state index in [0.717, 1.165) is 11.8 Å². The Balaban J connectivity index is 1.77. The number of hydrogen-bond donors (Lipinski definition) is 0. The molecule has 2 amide bonds. The molecular weight excluding hydrogens is 381 g/mol. The van der Waals surface area contributed by atoms with Gasteiger partial charge in [0, 0.05) is 12.1 Å². The largest absolute Gasteiger partial charge is 0.493 e. The lowest BCUT2D eigenvalue weighted by Crippen LogP contribution is -2.28. The third kappa shape index (κ3) is 4.36. The second-order valence-electron chi connectivity index (χ2n) is 6.12. The summed E-state index contributed by atoms with van der Waals surface area (Å²) in [5.74, 6) is 0.302. The zero-order chi connectivity index (χ0) is 20.1. The fourth-order valence-electron chi connectivity index (χ4n) is 2.73. The van der Waals surface area contributed by atoms with Gasteiger partial charge in [0.25, 0.3) is 11.1 Å². The summed E-state index contributed by atoms with van der Waals surface area (Å²) in [5, 5.41) is -0.255. The Morgan fingerprint density at radius 3 is 2.64 bits per heavy atom. The van der Waals surface area contributed by atoms with Crippen molar-refractivity contribution in [1.29, 1.82) is 0 Å². The highest BCUT2D eigenvalue weighted by Gasteiger charge is 2.34. The molecule has 146 valence electrons. The van der Waals surface area contributed by atoms with Crippen LogP contribution in [-0.4, -0.2) is 29.7 Å². The first-order valence-corrected chi connectivity index (χ1v) is 9.64. The Labute approximate surface area is 167 Å². The SMILES string of the molecule is CCCN1C(=O)SC(=Cc2ccc(OCc3ccccc3F)c(OC)c2)C1=O. The van der Waals surface area contributed by atoms with Crippen molar-refractivity contribution in [3.63, 3.8) is 0 Å². The molecule has 0 radical (unpaired) electrons. The highest BCUT2D eigenvalue weighted by molar-refractivity contribution is 8.18. The maximum absolute atomic E-state index is 13.7. The number of rotatable bonds is 7. The lowest BCUT2D eigenvalue weighted by atomic mass is 10.1. The zero-order valence-electron chi connectivity index (χ0n) is 15.6. The van der Waals surface area contributed by atoms with Gasteiger partial charge in [0.15, 0.2) is 11.5 Å². The molecule has 1 fully saturated rings. The van der Waals surface area contributed by atoms with E-state index in [4.69, 9.17) is 9.47 Å². The molecule has 5 nitrogen and oxygen atoms in total. The van der Waals surface area contributed by atoms with Crippen LogP contribution >= 0.6 is 11.8 Å². The van der Waals surface area contributed by atoms with Crippen molar-refractivity contribution in [2.45, 2.75) is 20.0 Å². The van der Waals surface area contributed by atoms with Gasteiger partial charge in [0.2, 0.25) is 0 Å². The Bertz CT molecular complexity index is 928. The van der Waals surface area contributed by atoms with Crippen LogP contribution in [0.5, 0.6) is 11.5 Å². The van der Waals surface area contributed by atoms with E-state index in [1.54, 1.807) is 42.5 Å². The van der Waals surface area contributed by atoms with Crippen LogP contribution in [0.3, 0.4) is 0 Å². The average Bonchev–Trinajstić information content (AvgIpc) is 2.95. The first-order chi connectivity index (χ1) is 13.5. The molecule has 7 heteroatoms. The quantitative estimate of drug-likeness (QED) is 0.620. The lowest BCUT2D eigenvalue weighted by Gasteiger charge is -2.12. The fourth-order valence-corrected chi connectivity index (χ4v) is 3.60. The molecule has 0 aromatic heterocycles. The summed E-state index contributed by atoms with van der Waals surface area (Å²) in [6.45, 7) is 2.39. The molecule has 1 heterocycles. The van der Waals surface area contributed by atoms with Crippen LogP contribution in [0.4, 0.5) is 9.18 Å². The van der Waals surface area contributed by atoms with E-state index < -0.39 is 0 Å². The summed E-state index contributed by atoms with van der Waals surface area (Å²) in [4.78, 5) is 25.9. The first-order valence-electron chi connectivity index (χ1n) is 8.83. The van der Waals surface area contributed by atoms with E-state index in [-0.39, 0.29) is 23.6 Å². The predicted octanol–water partition coefficient (Wildman–Crippen LogP) is 4.86. The molecule has 0 atom stereocenters. The third-order valence-electron chi connectivity index (χ3n) is 4.15. The minimum atomic E-state index is -0.333. The minimum absolute atomic E-state index is 0.0677. The Morgan fingerprint density at radius 1 is 1.14 bits per heavy atom. The summed E-state index contributed by atoms with van der Waals surface area (Å²) >= 11 is 0.928. The van der Waals surface area contributed by atoms with E-state index >= 15 is 0 Å². The van der Waals surface area contributed by atoms with Gasteiger partial charge in [-0.3, -0.25) is 14.5 Å². The number of hydrogen-bond acceptors (Lipinski definition) is 5. The van der Waals surface area contributed by atoms with Crippen LogP contribution in [0.25, 0.3) is 6.08 Å². The van der Waals surface area contributed by atoms with Gasteiger partial charge in [-0.2, -0.15) is 0 Å². The number of ether oxygens (including phenoxy) is 2. The molecular formula is C21H20FNO4S. The van der Waals surface area contributed by atoms with Gasteiger partial charge in [-0.15, -0.1) is 0 Å². The lowest BCUT2D eigenvalue weighted by molar-refractivity contribution is -0.122. The van der Waals surface area contributed by atoms with Crippen molar-refractivity contribution in [2.24, 2.45) is 0 Å². The van der Waals surface area contributed by atoms with E-state index in [9.17, 15) is 14.0 Å². The number of thioether (sulfide) groups is 1. The monoisotopic (exact) mass is 401 g/mol. The standard InChI is InChI=1S/C21H20FNO4S/c1-3-10-23-20(24)19(28-21(23)25)12-14-8-9-17(18(11-14)26-2)27-13-15-6-4-5-7-16(15)22/h4-9,11-12H,3,10,13H2,1-2H3. The predicted molar refractivity (Wildman–Crippen MR) is 107 cm³/mol. The molecule has 1 saturated heterocycles. The van der Waals surface area contributed by atoms with Crippen LogP contribution in [-0.2, 0) is 11.4 Å². The number of benzene rings is 2. The smallest absolute Gasteiger partial charge is 0.293 e. The summed E-state index contributed by atoms with van der Waals surface area (Å²) in [5.41, 5.74) is 1.15. The fraction of sp³-hybridized carbons (Fsp3) is 0.238. The number of halogens is 1. The van der Waals surface area contributed by atoms with E-state index in [2.05, 4.69) is 0 Å². The number of carbonyl (C=O) groups is 2. The number of nitrogens with zero attached hydrogens (tertiary/aromatic N) is 1. The maximum atomic E-state index is 13.7. The van der Waals surface area contributed by atoms with Gasteiger partial charge in [-0.05, 0) is 48.0 Å². The molecule has 1 aliphatic heterocycles. The van der Waals surface area contributed by atoms with Gasteiger partial charge in [0.05, 0.1) is 12.0 Å². The van der Waals surface area contributed by atoms with Crippen LogP contribution in [0.15, 0.2) is 47.4 Å². The van der Waals surface area contributed by atoms with Crippen LogP contribution in [0.1, 0.15) is 24.5 Å². The molecule has 0 spiro atoms. The number of imide groups is 1. The van der Waals surface area contributed by atoms with Crippen molar-refractivity contribution in [2.75, 3.05) is 13.7 Å². The first kappa shape index (κ1) is 19.9. The van der Waals surface area contributed by atoms with E-state index in [0.29, 0.717) is 40.5 Å². The van der Waals surface area contributed by atoms with Crippen LogP contribution in [0.2, 0.25) is 0 Å². The Morgan fingerprint density at radius 2 is 1.93 bits per heavy atom. The van der Waals surface area contributed by atoms with Crippen LogP contribution in [0, 0.1) is 5.82 Å². The van der Waals surface area contributed by atoms with Gasteiger partial charge < -0.3 is 9.47 Å². The molecule has 0 aliphatic carbocycles. The van der Waals surface area contributed by atoms with Gasteiger partial charge in [-0.25, -0.2) is 4.39 Å².